The van der Waals surface area contributed by atoms with Crippen LogP contribution in [0.3, 0.4) is 0 Å². The van der Waals surface area contributed by atoms with Crippen molar-refractivity contribution >= 4 is 22.1 Å². The number of hydrogen-bond donors (Lipinski definition) is 1. The number of urea groups is 1. The number of rotatable bonds is 4. The second-order valence-electron chi connectivity index (χ2n) is 4.88. The first-order valence-corrected chi connectivity index (χ1v) is 8.66. The molecule has 0 atom stereocenters. The molecule has 1 fully saturated rings. The van der Waals surface area contributed by atoms with Crippen LogP contribution in [-0.2, 0) is 14.8 Å². The molecule has 0 unspecified atom stereocenters. The summed E-state index contributed by atoms with van der Waals surface area (Å²) in [5.41, 5.74) is 0.781. The Kier molecular flexibility index (Phi) is 5.57. The van der Waals surface area contributed by atoms with Gasteiger partial charge in [-0.2, -0.15) is 0 Å². The summed E-state index contributed by atoms with van der Waals surface area (Å²) in [4.78, 5) is 13.7. The molecule has 1 heterocycles. The standard InChI is InChI=1S/C15H20N2O4S/c1-2-14(12-13-6-4-3-5-7-13)22(19,20)16-15(18)17-8-10-21-11-9-17/h3-7,12H,2,8-11H2,1H3,(H,16,18)/b14-12+. The van der Waals surface area contributed by atoms with Crippen molar-refractivity contribution in [2.24, 2.45) is 0 Å². The Morgan fingerprint density at radius 1 is 1.27 bits per heavy atom. The largest absolute Gasteiger partial charge is 0.378 e. The molecule has 0 aliphatic carbocycles. The van der Waals surface area contributed by atoms with Gasteiger partial charge in [-0.15, -0.1) is 0 Å². The molecule has 7 heteroatoms. The molecule has 120 valence electrons. The minimum absolute atomic E-state index is 0.181. The van der Waals surface area contributed by atoms with E-state index in [-0.39, 0.29) is 4.91 Å². The first kappa shape index (κ1) is 16.5. The average Bonchev–Trinajstić information content (AvgIpc) is 2.54. The van der Waals surface area contributed by atoms with Crippen LogP contribution in [0.4, 0.5) is 4.79 Å². The molecule has 2 amide bonds. The number of sulfonamides is 1. The quantitative estimate of drug-likeness (QED) is 0.916. The van der Waals surface area contributed by atoms with Crippen LogP contribution in [0.1, 0.15) is 18.9 Å². The fourth-order valence-corrected chi connectivity index (χ4v) is 3.28. The third-order valence-electron chi connectivity index (χ3n) is 3.34. The van der Waals surface area contributed by atoms with E-state index < -0.39 is 16.1 Å². The van der Waals surface area contributed by atoms with E-state index in [9.17, 15) is 13.2 Å². The first-order chi connectivity index (χ1) is 10.5. The molecule has 22 heavy (non-hydrogen) atoms. The normalized spacial score (nSPS) is 16.4. The topological polar surface area (TPSA) is 75.7 Å². The van der Waals surface area contributed by atoms with Gasteiger partial charge in [0.05, 0.1) is 18.1 Å². The molecule has 1 aromatic rings. The number of carbonyl (C=O) groups is 1. The van der Waals surface area contributed by atoms with Crippen LogP contribution in [0.15, 0.2) is 35.2 Å². The molecule has 0 saturated carbocycles. The predicted octanol–water partition coefficient (Wildman–Crippen LogP) is 1.81. The van der Waals surface area contributed by atoms with Gasteiger partial charge in [-0.05, 0) is 18.1 Å². The maximum atomic E-state index is 12.4. The molecule has 0 aromatic heterocycles. The van der Waals surface area contributed by atoms with Crippen molar-refractivity contribution in [3.8, 4) is 0 Å². The van der Waals surface area contributed by atoms with Gasteiger partial charge in [0.25, 0.3) is 10.0 Å². The van der Waals surface area contributed by atoms with Gasteiger partial charge in [-0.1, -0.05) is 37.3 Å². The molecule has 1 aromatic carbocycles. The Hall–Kier alpha value is -1.86. The summed E-state index contributed by atoms with van der Waals surface area (Å²) >= 11 is 0. The summed E-state index contributed by atoms with van der Waals surface area (Å²) in [5.74, 6) is 0. The van der Waals surface area contributed by atoms with Crippen molar-refractivity contribution in [2.75, 3.05) is 26.3 Å². The fraction of sp³-hybridized carbons (Fsp3) is 0.400. The third kappa shape index (κ3) is 4.32. The van der Waals surface area contributed by atoms with Crippen molar-refractivity contribution in [2.45, 2.75) is 13.3 Å². The Morgan fingerprint density at radius 2 is 1.91 bits per heavy atom. The van der Waals surface area contributed by atoms with E-state index in [2.05, 4.69) is 4.72 Å². The Morgan fingerprint density at radius 3 is 2.50 bits per heavy atom. The average molecular weight is 324 g/mol. The summed E-state index contributed by atoms with van der Waals surface area (Å²) in [5, 5.41) is 0. The highest BCUT2D eigenvalue weighted by Crippen LogP contribution is 2.15. The summed E-state index contributed by atoms with van der Waals surface area (Å²) in [7, 11) is -3.84. The lowest BCUT2D eigenvalue weighted by Gasteiger charge is -2.26. The molecule has 0 radical (unpaired) electrons. The van der Waals surface area contributed by atoms with Gasteiger partial charge in [-0.3, -0.25) is 0 Å². The van der Waals surface area contributed by atoms with E-state index in [4.69, 9.17) is 4.74 Å². The van der Waals surface area contributed by atoms with Crippen molar-refractivity contribution in [1.82, 2.24) is 9.62 Å². The minimum Gasteiger partial charge on any atom is -0.378 e. The number of benzene rings is 1. The molecule has 2 rings (SSSR count). The summed E-state index contributed by atoms with van der Waals surface area (Å²) < 4.78 is 32.0. The predicted molar refractivity (Wildman–Crippen MR) is 84.6 cm³/mol. The molecular formula is C15H20N2O4S. The minimum atomic E-state index is -3.84. The smallest absolute Gasteiger partial charge is 0.331 e. The second-order valence-corrected chi connectivity index (χ2v) is 6.62. The number of amides is 2. The van der Waals surface area contributed by atoms with E-state index in [1.807, 2.05) is 30.3 Å². The van der Waals surface area contributed by atoms with Crippen molar-refractivity contribution in [1.29, 1.82) is 0 Å². The van der Waals surface area contributed by atoms with Crippen molar-refractivity contribution in [3.05, 3.63) is 40.8 Å². The second kappa shape index (κ2) is 7.42. The van der Waals surface area contributed by atoms with Gasteiger partial charge in [0.2, 0.25) is 0 Å². The van der Waals surface area contributed by atoms with E-state index in [1.54, 1.807) is 13.0 Å². The number of carbonyl (C=O) groups excluding carboxylic acids is 1. The first-order valence-electron chi connectivity index (χ1n) is 7.18. The van der Waals surface area contributed by atoms with E-state index in [1.165, 1.54) is 4.90 Å². The molecule has 6 nitrogen and oxygen atoms in total. The van der Waals surface area contributed by atoms with Crippen LogP contribution in [0.5, 0.6) is 0 Å². The maximum Gasteiger partial charge on any atom is 0.331 e. The van der Waals surface area contributed by atoms with Crippen molar-refractivity contribution in [3.63, 3.8) is 0 Å². The summed E-state index contributed by atoms with van der Waals surface area (Å²) in [6.45, 7) is 3.38. The number of allylic oxidation sites excluding steroid dienone is 1. The van der Waals surface area contributed by atoms with Gasteiger partial charge in [-0.25, -0.2) is 17.9 Å². The fourth-order valence-electron chi connectivity index (χ4n) is 2.12. The Balaban J connectivity index is 2.13. The molecule has 0 bridgehead atoms. The van der Waals surface area contributed by atoms with Gasteiger partial charge in [0.1, 0.15) is 0 Å². The lowest BCUT2D eigenvalue weighted by Crippen LogP contribution is -2.48. The van der Waals surface area contributed by atoms with Gasteiger partial charge in [0.15, 0.2) is 0 Å². The number of nitrogens with zero attached hydrogens (tertiary/aromatic N) is 1. The third-order valence-corrected chi connectivity index (χ3v) is 4.88. The Labute approximate surface area is 130 Å². The van der Waals surface area contributed by atoms with E-state index in [0.717, 1.165) is 5.56 Å². The monoisotopic (exact) mass is 324 g/mol. The molecule has 0 spiro atoms. The van der Waals surface area contributed by atoms with Crippen molar-refractivity contribution < 1.29 is 17.9 Å². The SMILES string of the molecule is CC/C(=C\c1ccccc1)S(=O)(=O)NC(=O)N1CCOCC1. The zero-order valence-electron chi connectivity index (χ0n) is 12.5. The number of hydrogen-bond acceptors (Lipinski definition) is 4. The van der Waals surface area contributed by atoms with Crippen LogP contribution in [0.25, 0.3) is 6.08 Å². The van der Waals surface area contributed by atoms with E-state index >= 15 is 0 Å². The van der Waals surface area contributed by atoms with Crippen LogP contribution < -0.4 is 4.72 Å². The molecule has 1 aliphatic rings. The highest BCUT2D eigenvalue weighted by atomic mass is 32.2. The molecular weight excluding hydrogens is 304 g/mol. The molecule has 1 aliphatic heterocycles. The number of nitrogens with one attached hydrogen (secondary N) is 1. The lowest BCUT2D eigenvalue weighted by atomic mass is 10.2. The van der Waals surface area contributed by atoms with Crippen LogP contribution >= 0.6 is 0 Å². The zero-order chi connectivity index (χ0) is 16.0. The summed E-state index contributed by atoms with van der Waals surface area (Å²) in [6.07, 6.45) is 1.88. The Bertz CT molecular complexity index is 635. The summed E-state index contributed by atoms with van der Waals surface area (Å²) in [6, 6.07) is 8.55. The van der Waals surface area contributed by atoms with E-state index in [0.29, 0.717) is 32.7 Å². The van der Waals surface area contributed by atoms with Gasteiger partial charge >= 0.3 is 6.03 Å². The number of ether oxygens (including phenoxy) is 1. The maximum absolute atomic E-state index is 12.4. The van der Waals surface area contributed by atoms with Crippen LogP contribution in [0.2, 0.25) is 0 Å². The van der Waals surface area contributed by atoms with Crippen LogP contribution in [-0.4, -0.2) is 45.7 Å². The van der Waals surface area contributed by atoms with Gasteiger partial charge in [0, 0.05) is 13.1 Å². The zero-order valence-corrected chi connectivity index (χ0v) is 13.3. The highest BCUT2D eigenvalue weighted by Gasteiger charge is 2.24. The number of morpholine rings is 1. The van der Waals surface area contributed by atoms with Gasteiger partial charge < -0.3 is 9.64 Å². The highest BCUT2D eigenvalue weighted by molar-refractivity contribution is 7.94. The molecule has 1 N–H and O–H groups in total. The molecule has 1 saturated heterocycles. The van der Waals surface area contributed by atoms with Crippen LogP contribution in [0, 0.1) is 0 Å². The lowest BCUT2D eigenvalue weighted by molar-refractivity contribution is 0.0545.